The predicted octanol–water partition coefficient (Wildman–Crippen LogP) is 3.02. The highest BCUT2D eigenvalue weighted by molar-refractivity contribution is 5.73. The fourth-order valence-corrected chi connectivity index (χ4v) is 2.61. The van der Waals surface area contributed by atoms with Crippen LogP contribution in [0.3, 0.4) is 0 Å². The molecule has 3 N–H and O–H groups in total. The van der Waals surface area contributed by atoms with Crippen LogP contribution in [0.5, 0.6) is 0 Å². The molecule has 1 aliphatic rings. The van der Waals surface area contributed by atoms with Gasteiger partial charge in [-0.2, -0.15) is 13.2 Å². The van der Waals surface area contributed by atoms with Crippen LogP contribution in [0.25, 0.3) is 5.57 Å². The first-order valence-corrected chi connectivity index (χ1v) is 8.63. The van der Waals surface area contributed by atoms with Gasteiger partial charge in [0.05, 0.1) is 0 Å². The number of alkyl halides is 3. The van der Waals surface area contributed by atoms with Gasteiger partial charge >= 0.3 is 12.1 Å². The molecule has 1 unspecified atom stereocenters. The number of carboxylic acid groups (broad SMARTS) is 1. The molecule has 0 amide bonds. The molecular weight excluding hydrogens is 413 g/mol. The number of hydrogen-bond acceptors (Lipinski definition) is 5. The third-order valence-electron chi connectivity index (χ3n) is 4.26. The number of benzene rings is 1. The van der Waals surface area contributed by atoms with E-state index < -0.39 is 29.4 Å². The average molecular weight is 431 g/mol. The van der Waals surface area contributed by atoms with E-state index in [1.165, 1.54) is 25.4 Å². The molecule has 3 rings (SSSR count). The van der Waals surface area contributed by atoms with Gasteiger partial charge < -0.3 is 15.5 Å². The van der Waals surface area contributed by atoms with Crippen molar-refractivity contribution in [1.29, 1.82) is 0 Å². The smallest absolute Gasteiger partial charge is 0.475 e. The number of aliphatic carboxylic acids is 1. The molecular formula is C19H18F5N3O3. The Labute approximate surface area is 168 Å². The van der Waals surface area contributed by atoms with Crippen molar-refractivity contribution in [2.24, 2.45) is 0 Å². The van der Waals surface area contributed by atoms with Crippen LogP contribution in [0.1, 0.15) is 30.3 Å². The molecule has 0 aliphatic carbocycles. The number of hydrogen-bond donors (Lipinski definition) is 3. The van der Waals surface area contributed by atoms with Crippen LogP contribution in [-0.4, -0.2) is 45.4 Å². The number of rotatable bonds is 3. The number of nitrogens with zero attached hydrogens (tertiary/aromatic N) is 2. The highest BCUT2D eigenvalue weighted by Crippen LogP contribution is 2.31. The average Bonchev–Trinajstić information content (AvgIpc) is 2.68. The Kier molecular flexibility index (Phi) is 7.21. The topological polar surface area (TPSA) is 95.3 Å². The SMILES string of the molecule is CC(O)(c1cnc(C2=CCNCC2)nc1)c1ccc(F)cc1F.O=C(O)C(F)(F)F. The van der Waals surface area contributed by atoms with Crippen LogP contribution in [0, 0.1) is 11.6 Å². The summed E-state index contributed by atoms with van der Waals surface area (Å²) in [7, 11) is 0. The van der Waals surface area contributed by atoms with Gasteiger partial charge in [0.2, 0.25) is 0 Å². The Balaban J connectivity index is 0.000000396. The van der Waals surface area contributed by atoms with Crippen molar-refractivity contribution in [3.05, 3.63) is 65.3 Å². The van der Waals surface area contributed by atoms with E-state index in [4.69, 9.17) is 9.90 Å². The lowest BCUT2D eigenvalue weighted by molar-refractivity contribution is -0.192. The van der Waals surface area contributed by atoms with Gasteiger partial charge in [-0.1, -0.05) is 6.08 Å². The lowest BCUT2D eigenvalue weighted by Gasteiger charge is -2.24. The van der Waals surface area contributed by atoms with Gasteiger partial charge in [-0.3, -0.25) is 0 Å². The Morgan fingerprint density at radius 2 is 1.77 bits per heavy atom. The van der Waals surface area contributed by atoms with Crippen LogP contribution >= 0.6 is 0 Å². The van der Waals surface area contributed by atoms with Crippen molar-refractivity contribution in [2.45, 2.75) is 25.1 Å². The molecule has 2 aromatic rings. The van der Waals surface area contributed by atoms with E-state index in [9.17, 15) is 27.1 Å². The van der Waals surface area contributed by atoms with Crippen molar-refractivity contribution < 1.29 is 37.0 Å². The molecule has 6 nitrogen and oxygen atoms in total. The molecule has 1 aromatic heterocycles. The Bertz CT molecular complexity index is 928. The lowest BCUT2D eigenvalue weighted by Crippen LogP contribution is -2.25. The summed E-state index contributed by atoms with van der Waals surface area (Å²) in [6.07, 6.45) is 0.737. The molecule has 11 heteroatoms. The van der Waals surface area contributed by atoms with Crippen LogP contribution in [0.4, 0.5) is 22.0 Å². The van der Waals surface area contributed by atoms with Crippen molar-refractivity contribution in [2.75, 3.05) is 13.1 Å². The van der Waals surface area contributed by atoms with Gasteiger partial charge in [0.1, 0.15) is 17.2 Å². The summed E-state index contributed by atoms with van der Waals surface area (Å²) in [6.45, 7) is 3.08. The first-order valence-electron chi connectivity index (χ1n) is 8.63. The van der Waals surface area contributed by atoms with Crippen molar-refractivity contribution >= 4 is 11.5 Å². The molecule has 0 fully saturated rings. The van der Waals surface area contributed by atoms with Crippen LogP contribution < -0.4 is 5.32 Å². The predicted molar refractivity (Wildman–Crippen MR) is 96.2 cm³/mol. The van der Waals surface area contributed by atoms with Gasteiger partial charge in [0.15, 0.2) is 5.82 Å². The molecule has 0 saturated heterocycles. The second-order valence-corrected chi connectivity index (χ2v) is 6.48. The maximum absolute atomic E-state index is 13.9. The minimum atomic E-state index is -5.08. The molecule has 1 aromatic carbocycles. The van der Waals surface area contributed by atoms with Crippen LogP contribution in [-0.2, 0) is 10.4 Å². The highest BCUT2D eigenvalue weighted by atomic mass is 19.4. The summed E-state index contributed by atoms with van der Waals surface area (Å²) in [4.78, 5) is 17.5. The first kappa shape index (κ1) is 23.4. The van der Waals surface area contributed by atoms with E-state index in [2.05, 4.69) is 15.3 Å². The van der Waals surface area contributed by atoms with Gasteiger partial charge in [-0.25, -0.2) is 23.5 Å². The minimum absolute atomic E-state index is 0.0173. The zero-order chi connectivity index (χ0) is 22.5. The van der Waals surface area contributed by atoms with Crippen molar-refractivity contribution in [3.8, 4) is 0 Å². The number of aromatic nitrogens is 2. The van der Waals surface area contributed by atoms with Crippen LogP contribution in [0.15, 0.2) is 36.7 Å². The quantitative estimate of drug-likeness (QED) is 0.647. The standard InChI is InChI=1S/C17H17F2N3O.C2HF3O2/c1-17(23,14-3-2-13(18)8-15(14)19)12-9-21-16(22-10-12)11-4-6-20-7-5-11;3-2(4,5)1(6)7/h2-4,8-10,20,23H,5-7H2,1H3;(H,6,7). The van der Waals surface area contributed by atoms with Gasteiger partial charge in [0, 0.05) is 36.1 Å². The summed E-state index contributed by atoms with van der Waals surface area (Å²) in [5.74, 6) is -3.65. The van der Waals surface area contributed by atoms with E-state index in [0.717, 1.165) is 37.2 Å². The largest absolute Gasteiger partial charge is 0.490 e. The second-order valence-electron chi connectivity index (χ2n) is 6.48. The summed E-state index contributed by atoms with van der Waals surface area (Å²) in [6, 6.07) is 3.09. The molecule has 30 heavy (non-hydrogen) atoms. The van der Waals surface area contributed by atoms with E-state index in [0.29, 0.717) is 11.4 Å². The molecule has 1 atom stereocenters. The van der Waals surface area contributed by atoms with Gasteiger partial charge in [-0.15, -0.1) is 0 Å². The minimum Gasteiger partial charge on any atom is -0.475 e. The zero-order valence-corrected chi connectivity index (χ0v) is 15.7. The normalized spacial score (nSPS) is 16.0. The summed E-state index contributed by atoms with van der Waals surface area (Å²) in [5.41, 5.74) is -0.265. The third-order valence-corrected chi connectivity index (χ3v) is 4.26. The van der Waals surface area contributed by atoms with E-state index >= 15 is 0 Å². The molecule has 0 radical (unpaired) electrons. The fourth-order valence-electron chi connectivity index (χ4n) is 2.61. The molecule has 1 aliphatic heterocycles. The Morgan fingerprint density at radius 1 is 1.17 bits per heavy atom. The number of halogens is 5. The third kappa shape index (κ3) is 5.80. The number of nitrogens with one attached hydrogen (secondary N) is 1. The Hall–Kier alpha value is -2.92. The first-order chi connectivity index (χ1) is 13.9. The Morgan fingerprint density at radius 3 is 2.23 bits per heavy atom. The van der Waals surface area contributed by atoms with Crippen LogP contribution in [0.2, 0.25) is 0 Å². The summed E-state index contributed by atoms with van der Waals surface area (Å²) >= 11 is 0. The second kappa shape index (κ2) is 9.26. The monoisotopic (exact) mass is 431 g/mol. The maximum Gasteiger partial charge on any atom is 0.490 e. The molecule has 0 bridgehead atoms. The maximum atomic E-state index is 13.9. The molecule has 2 heterocycles. The van der Waals surface area contributed by atoms with Gasteiger partial charge in [-0.05, 0) is 37.6 Å². The molecule has 0 saturated carbocycles. The zero-order valence-electron chi connectivity index (χ0n) is 15.7. The summed E-state index contributed by atoms with van der Waals surface area (Å²) in [5, 5.41) is 21.0. The van der Waals surface area contributed by atoms with E-state index in [-0.39, 0.29) is 5.56 Å². The molecule has 162 valence electrons. The lowest BCUT2D eigenvalue weighted by atomic mass is 9.89. The highest BCUT2D eigenvalue weighted by Gasteiger charge is 2.38. The van der Waals surface area contributed by atoms with Crippen molar-refractivity contribution in [3.63, 3.8) is 0 Å². The summed E-state index contributed by atoms with van der Waals surface area (Å²) < 4.78 is 58.7. The van der Waals surface area contributed by atoms with E-state index in [1.54, 1.807) is 0 Å². The van der Waals surface area contributed by atoms with Gasteiger partial charge in [0.25, 0.3) is 0 Å². The number of aliphatic hydroxyl groups is 1. The van der Waals surface area contributed by atoms with E-state index in [1.807, 2.05) is 6.08 Å². The van der Waals surface area contributed by atoms with Crippen molar-refractivity contribution in [1.82, 2.24) is 15.3 Å². The molecule has 0 spiro atoms. The number of carboxylic acids is 1. The fraction of sp³-hybridized carbons (Fsp3) is 0.316. The number of carbonyl (C=O) groups is 1.